The van der Waals surface area contributed by atoms with Crippen LogP contribution in [-0.4, -0.2) is 37.1 Å². The maximum absolute atomic E-state index is 13.3. The third kappa shape index (κ3) is 5.82. The summed E-state index contributed by atoms with van der Waals surface area (Å²) in [7, 11) is -3.93. The predicted octanol–water partition coefficient (Wildman–Crippen LogP) is 2.57. The fourth-order valence-corrected chi connectivity index (χ4v) is 4.14. The average molecular weight is 476 g/mol. The quantitative estimate of drug-likeness (QED) is 0.645. The zero-order chi connectivity index (χ0) is 24.6. The zero-order valence-electron chi connectivity index (χ0n) is 18.6. The summed E-state index contributed by atoms with van der Waals surface area (Å²) in [5.74, 6) is -1.83. The fraction of sp³-hybridized carbons (Fsp3) is 0.348. The van der Waals surface area contributed by atoms with E-state index in [1.54, 1.807) is 0 Å². The Morgan fingerprint density at radius 3 is 2.18 bits per heavy atom. The first-order valence-electron chi connectivity index (χ1n) is 10.3. The number of primary sulfonamides is 1. The van der Waals surface area contributed by atoms with Crippen molar-refractivity contribution < 1.29 is 27.2 Å². The lowest BCUT2D eigenvalue weighted by atomic mass is 9.91. The van der Waals surface area contributed by atoms with Gasteiger partial charge in [0, 0.05) is 13.0 Å². The number of rotatable bonds is 6. The summed E-state index contributed by atoms with van der Waals surface area (Å²) < 4.78 is 36.3. The van der Waals surface area contributed by atoms with Crippen LogP contribution in [0.25, 0.3) is 0 Å². The van der Waals surface area contributed by atoms with E-state index in [1.807, 2.05) is 20.8 Å². The number of halogens is 1. The summed E-state index contributed by atoms with van der Waals surface area (Å²) >= 11 is 0. The van der Waals surface area contributed by atoms with Gasteiger partial charge in [0.05, 0.1) is 17.0 Å². The predicted molar refractivity (Wildman–Crippen MR) is 120 cm³/mol. The number of hydrogen-bond donors (Lipinski definition) is 1. The van der Waals surface area contributed by atoms with E-state index in [1.165, 1.54) is 53.4 Å². The van der Waals surface area contributed by atoms with E-state index in [0.29, 0.717) is 5.56 Å². The number of benzene rings is 2. The fourth-order valence-electron chi connectivity index (χ4n) is 3.63. The van der Waals surface area contributed by atoms with Crippen molar-refractivity contribution in [1.29, 1.82) is 0 Å². The van der Waals surface area contributed by atoms with Gasteiger partial charge in [0.15, 0.2) is 0 Å². The molecule has 10 heteroatoms. The Morgan fingerprint density at radius 1 is 1.09 bits per heavy atom. The minimum Gasteiger partial charge on any atom is -0.326 e. The molecule has 0 bridgehead atoms. The average Bonchev–Trinajstić information content (AvgIpc) is 2.99. The number of nitrogens with two attached hydrogens (primary N) is 1. The Bertz CT molecular complexity index is 1170. The molecule has 0 aromatic heterocycles. The van der Waals surface area contributed by atoms with E-state index in [0.717, 1.165) is 4.90 Å². The van der Waals surface area contributed by atoms with Crippen LogP contribution in [0.3, 0.4) is 0 Å². The van der Waals surface area contributed by atoms with Crippen molar-refractivity contribution in [2.24, 2.45) is 10.6 Å². The molecule has 3 amide bonds. The molecule has 1 atom stereocenters. The first kappa shape index (κ1) is 24.5. The highest BCUT2D eigenvalue weighted by atomic mass is 32.2. The lowest BCUT2D eigenvalue weighted by Gasteiger charge is -2.30. The van der Waals surface area contributed by atoms with Crippen molar-refractivity contribution in [1.82, 2.24) is 4.90 Å². The molecule has 176 valence electrons. The molecule has 2 aromatic carbocycles. The molecule has 0 radical (unpaired) electrons. The summed E-state index contributed by atoms with van der Waals surface area (Å²) in [6, 6.07) is 9.61. The van der Waals surface area contributed by atoms with E-state index in [2.05, 4.69) is 0 Å². The number of imide groups is 1. The van der Waals surface area contributed by atoms with Crippen LogP contribution < -0.4 is 10.0 Å². The van der Waals surface area contributed by atoms with Gasteiger partial charge in [0.25, 0.3) is 5.91 Å². The van der Waals surface area contributed by atoms with Crippen molar-refractivity contribution in [3.05, 3.63) is 59.9 Å². The van der Waals surface area contributed by atoms with Gasteiger partial charge in [-0.25, -0.2) is 22.8 Å². The van der Waals surface area contributed by atoms with Crippen LogP contribution in [-0.2, 0) is 31.0 Å². The van der Waals surface area contributed by atoms with Gasteiger partial charge in [0.1, 0.15) is 11.9 Å². The molecule has 3 rings (SSSR count). The highest BCUT2D eigenvalue weighted by molar-refractivity contribution is 7.89. The summed E-state index contributed by atoms with van der Waals surface area (Å²) in [6.07, 6.45) is -0.0674. The normalized spacial score (nSPS) is 16.9. The van der Waals surface area contributed by atoms with Crippen LogP contribution in [0.2, 0.25) is 0 Å². The van der Waals surface area contributed by atoms with Crippen LogP contribution in [0.4, 0.5) is 10.1 Å². The van der Waals surface area contributed by atoms with E-state index >= 15 is 0 Å². The second-order valence-electron chi connectivity index (χ2n) is 9.21. The summed E-state index contributed by atoms with van der Waals surface area (Å²) in [5.41, 5.74) is 0.451. The number of carbonyl (C=O) groups is 3. The molecule has 1 aliphatic rings. The van der Waals surface area contributed by atoms with Gasteiger partial charge < -0.3 is 4.90 Å². The van der Waals surface area contributed by atoms with Gasteiger partial charge in [-0.1, -0.05) is 32.9 Å². The number of hydrogen-bond acceptors (Lipinski definition) is 5. The molecule has 2 aromatic rings. The van der Waals surface area contributed by atoms with Gasteiger partial charge in [-0.3, -0.25) is 14.4 Å². The Balaban J connectivity index is 1.91. The topological polar surface area (TPSA) is 118 Å². The molecule has 1 heterocycles. The Morgan fingerprint density at radius 2 is 1.67 bits per heavy atom. The van der Waals surface area contributed by atoms with Crippen LogP contribution >= 0.6 is 0 Å². The minimum atomic E-state index is -3.93. The molecule has 1 unspecified atom stereocenters. The van der Waals surface area contributed by atoms with Crippen molar-refractivity contribution in [3.8, 4) is 0 Å². The lowest BCUT2D eigenvalue weighted by Crippen LogP contribution is -2.46. The molecular weight excluding hydrogens is 449 g/mol. The van der Waals surface area contributed by atoms with Crippen molar-refractivity contribution in [2.45, 2.75) is 51.1 Å². The standard InChI is InChI=1S/C23H26FN3O5S/c1-23(2,3)13-21(29)26(14-15-4-6-16(24)7-5-15)19-12-20(28)27(22(19)30)17-8-10-18(11-9-17)33(25,31)32/h4-11,19H,12-14H2,1-3H3,(H2,25,31,32). The smallest absolute Gasteiger partial charge is 0.257 e. The highest BCUT2D eigenvalue weighted by Gasteiger charge is 2.44. The van der Waals surface area contributed by atoms with E-state index < -0.39 is 33.7 Å². The Hall–Kier alpha value is -3.11. The van der Waals surface area contributed by atoms with Crippen LogP contribution in [0, 0.1) is 11.2 Å². The third-order valence-electron chi connectivity index (χ3n) is 5.19. The molecule has 2 N–H and O–H groups in total. The van der Waals surface area contributed by atoms with E-state index in [9.17, 15) is 27.2 Å². The van der Waals surface area contributed by atoms with Gasteiger partial charge in [0.2, 0.25) is 21.8 Å². The van der Waals surface area contributed by atoms with Crippen LogP contribution in [0.5, 0.6) is 0 Å². The molecule has 1 aliphatic heterocycles. The maximum Gasteiger partial charge on any atom is 0.257 e. The van der Waals surface area contributed by atoms with Gasteiger partial charge in [-0.05, 0) is 47.4 Å². The third-order valence-corrected chi connectivity index (χ3v) is 6.12. The molecule has 33 heavy (non-hydrogen) atoms. The molecule has 1 fully saturated rings. The first-order valence-corrected chi connectivity index (χ1v) is 11.8. The van der Waals surface area contributed by atoms with E-state index in [4.69, 9.17) is 5.14 Å². The second-order valence-corrected chi connectivity index (χ2v) is 10.8. The number of carbonyl (C=O) groups excluding carboxylic acids is 3. The summed E-state index contributed by atoms with van der Waals surface area (Å²) in [4.78, 5) is 41.3. The molecule has 0 aliphatic carbocycles. The van der Waals surface area contributed by atoms with Gasteiger partial charge in [-0.15, -0.1) is 0 Å². The van der Waals surface area contributed by atoms with Crippen LogP contribution in [0.15, 0.2) is 53.4 Å². The molecule has 0 spiro atoms. The highest BCUT2D eigenvalue weighted by Crippen LogP contribution is 2.29. The van der Waals surface area contributed by atoms with Crippen molar-refractivity contribution in [2.75, 3.05) is 4.90 Å². The van der Waals surface area contributed by atoms with Gasteiger partial charge >= 0.3 is 0 Å². The van der Waals surface area contributed by atoms with Gasteiger partial charge in [-0.2, -0.15) is 0 Å². The molecule has 0 saturated carbocycles. The number of sulfonamides is 1. The number of nitrogens with zero attached hydrogens (tertiary/aromatic N) is 2. The Kier molecular flexibility index (Phi) is 6.71. The first-order chi connectivity index (χ1) is 15.3. The molecule has 8 nitrogen and oxygen atoms in total. The largest absolute Gasteiger partial charge is 0.326 e. The van der Waals surface area contributed by atoms with Crippen molar-refractivity contribution in [3.63, 3.8) is 0 Å². The van der Waals surface area contributed by atoms with E-state index in [-0.39, 0.29) is 41.3 Å². The monoisotopic (exact) mass is 475 g/mol. The summed E-state index contributed by atoms with van der Waals surface area (Å²) in [5, 5.41) is 5.10. The Labute approximate surface area is 192 Å². The molecular formula is C23H26FN3O5S. The minimum absolute atomic E-state index is 0.0388. The summed E-state index contributed by atoms with van der Waals surface area (Å²) in [6.45, 7) is 5.71. The maximum atomic E-state index is 13.3. The van der Waals surface area contributed by atoms with Crippen LogP contribution in [0.1, 0.15) is 39.2 Å². The lowest BCUT2D eigenvalue weighted by molar-refractivity contribution is -0.140. The second kappa shape index (κ2) is 9.03. The zero-order valence-corrected chi connectivity index (χ0v) is 19.4. The molecule has 1 saturated heterocycles. The number of amides is 3. The van der Waals surface area contributed by atoms with Crippen molar-refractivity contribution >= 4 is 33.4 Å². The number of anilines is 1. The SMILES string of the molecule is CC(C)(C)CC(=O)N(Cc1ccc(F)cc1)C1CC(=O)N(c2ccc(S(N)(=O)=O)cc2)C1=O.